The quantitative estimate of drug-likeness (QED) is 0.554. The Morgan fingerprint density at radius 2 is 2.04 bits per heavy atom. The van der Waals surface area contributed by atoms with Gasteiger partial charge in [-0.3, -0.25) is 0 Å². The Bertz CT molecular complexity index is 943. The minimum atomic E-state index is 0.496. The van der Waals surface area contributed by atoms with Crippen molar-refractivity contribution in [2.24, 2.45) is 5.92 Å². The van der Waals surface area contributed by atoms with E-state index in [0.29, 0.717) is 11.1 Å². The number of benzene rings is 1. The highest BCUT2D eigenvalue weighted by Crippen LogP contribution is 2.44. The fraction of sp³-hybridized carbons (Fsp3) is 0.476. The molecule has 3 aromatic rings. The van der Waals surface area contributed by atoms with E-state index >= 15 is 0 Å². The van der Waals surface area contributed by atoms with E-state index in [1.165, 1.54) is 25.7 Å². The smallest absolute Gasteiger partial charge is 0.164 e. The van der Waals surface area contributed by atoms with Crippen LogP contribution in [0.1, 0.15) is 57.0 Å². The molecule has 1 saturated carbocycles. The van der Waals surface area contributed by atoms with E-state index < -0.39 is 0 Å². The van der Waals surface area contributed by atoms with Crippen molar-refractivity contribution in [2.45, 2.75) is 58.9 Å². The minimum absolute atomic E-state index is 0.496. The van der Waals surface area contributed by atoms with Crippen molar-refractivity contribution in [1.82, 2.24) is 19.5 Å². The molecule has 0 saturated heterocycles. The van der Waals surface area contributed by atoms with Crippen LogP contribution in [-0.2, 0) is 6.42 Å². The van der Waals surface area contributed by atoms with Crippen LogP contribution in [0.3, 0.4) is 0 Å². The van der Waals surface area contributed by atoms with E-state index in [1.54, 1.807) is 6.33 Å². The van der Waals surface area contributed by atoms with Gasteiger partial charge < -0.3 is 4.57 Å². The molecule has 0 bridgehead atoms. The van der Waals surface area contributed by atoms with Gasteiger partial charge in [0.25, 0.3) is 0 Å². The average molecular weight is 369 g/mol. The van der Waals surface area contributed by atoms with Gasteiger partial charge >= 0.3 is 0 Å². The minimum Gasteiger partial charge on any atom is -0.309 e. The number of rotatable bonds is 6. The van der Waals surface area contributed by atoms with E-state index in [4.69, 9.17) is 16.6 Å². The number of hydrogen-bond donors (Lipinski definition) is 0. The van der Waals surface area contributed by atoms with Crippen LogP contribution in [0.25, 0.3) is 22.4 Å². The summed E-state index contributed by atoms with van der Waals surface area (Å²) in [5.74, 6) is 1.87. The second kappa shape index (κ2) is 6.99. The number of fused-ring (bicyclic) bond motifs is 1. The number of aryl methyl sites for hydroxylation is 2. The fourth-order valence-corrected chi connectivity index (χ4v) is 4.24. The summed E-state index contributed by atoms with van der Waals surface area (Å²) < 4.78 is 2.39. The molecule has 1 atom stereocenters. The second-order valence-electron chi connectivity index (χ2n) is 7.32. The molecule has 0 amide bonds. The lowest BCUT2D eigenvalue weighted by molar-refractivity contribution is 0.407. The summed E-state index contributed by atoms with van der Waals surface area (Å²) in [6, 6.07) is 6.58. The van der Waals surface area contributed by atoms with Crippen LogP contribution in [0.2, 0.25) is 5.02 Å². The molecule has 4 nitrogen and oxygen atoms in total. The van der Waals surface area contributed by atoms with Gasteiger partial charge in [-0.25, -0.2) is 15.0 Å². The third kappa shape index (κ3) is 3.01. The summed E-state index contributed by atoms with van der Waals surface area (Å²) >= 11 is 6.52. The van der Waals surface area contributed by atoms with Crippen molar-refractivity contribution >= 4 is 22.8 Å². The van der Waals surface area contributed by atoms with Crippen LogP contribution in [0.5, 0.6) is 0 Å². The van der Waals surface area contributed by atoms with Crippen LogP contribution < -0.4 is 0 Å². The third-order valence-corrected chi connectivity index (χ3v) is 5.64. The van der Waals surface area contributed by atoms with Crippen molar-refractivity contribution in [3.63, 3.8) is 0 Å². The SMILES string of the molecule is CCCC(C1CC1)n1c(CC)nc2c(-c3ccc(C)cc3Cl)ncnc21. The first-order valence-electron chi connectivity index (χ1n) is 9.62. The lowest BCUT2D eigenvalue weighted by Gasteiger charge is -2.20. The molecule has 1 fully saturated rings. The fourth-order valence-electron chi connectivity index (χ4n) is 3.91. The maximum absolute atomic E-state index is 6.52. The van der Waals surface area contributed by atoms with Crippen molar-refractivity contribution in [2.75, 3.05) is 0 Å². The first kappa shape index (κ1) is 17.5. The van der Waals surface area contributed by atoms with Crippen LogP contribution >= 0.6 is 11.6 Å². The van der Waals surface area contributed by atoms with Gasteiger partial charge in [-0.05, 0) is 43.7 Å². The Kier molecular flexibility index (Phi) is 4.70. The molecule has 0 spiro atoms. The largest absolute Gasteiger partial charge is 0.309 e. The number of imidazole rings is 1. The summed E-state index contributed by atoms with van der Waals surface area (Å²) in [6.07, 6.45) is 7.52. The Labute approximate surface area is 159 Å². The molecule has 1 aliphatic rings. The topological polar surface area (TPSA) is 43.6 Å². The summed E-state index contributed by atoms with van der Waals surface area (Å²) in [7, 11) is 0. The molecule has 1 aromatic carbocycles. The van der Waals surface area contributed by atoms with E-state index in [1.807, 2.05) is 19.1 Å². The van der Waals surface area contributed by atoms with E-state index in [-0.39, 0.29) is 0 Å². The zero-order valence-electron chi connectivity index (χ0n) is 15.7. The van der Waals surface area contributed by atoms with Crippen LogP contribution in [0, 0.1) is 12.8 Å². The Morgan fingerprint density at radius 1 is 1.23 bits per heavy atom. The average Bonchev–Trinajstić information content (AvgIpc) is 3.40. The van der Waals surface area contributed by atoms with Crippen LogP contribution in [0.15, 0.2) is 24.5 Å². The predicted molar refractivity (Wildman–Crippen MR) is 107 cm³/mol. The Balaban J connectivity index is 1.92. The zero-order valence-corrected chi connectivity index (χ0v) is 16.4. The lowest BCUT2D eigenvalue weighted by atomic mass is 10.1. The number of aromatic nitrogens is 4. The van der Waals surface area contributed by atoms with E-state index in [2.05, 4.69) is 34.4 Å². The molecule has 0 aliphatic heterocycles. The summed E-state index contributed by atoms with van der Waals surface area (Å²) in [5.41, 5.74) is 4.72. The van der Waals surface area contributed by atoms with Gasteiger partial charge in [0.2, 0.25) is 0 Å². The maximum Gasteiger partial charge on any atom is 0.164 e. The molecular formula is C21H25ClN4. The standard InChI is InChI=1S/C21H25ClN4/c1-4-6-17(14-8-9-14)26-18(5-2)25-20-19(23-12-24-21(20)26)15-10-7-13(3)11-16(15)22/h7,10-12,14,17H,4-6,8-9H2,1-3H3. The molecule has 1 aliphatic carbocycles. The highest BCUT2D eigenvalue weighted by atomic mass is 35.5. The first-order chi connectivity index (χ1) is 12.6. The van der Waals surface area contributed by atoms with E-state index in [0.717, 1.165) is 46.1 Å². The molecule has 4 rings (SSSR count). The molecule has 136 valence electrons. The third-order valence-electron chi connectivity index (χ3n) is 5.33. The molecule has 26 heavy (non-hydrogen) atoms. The van der Waals surface area contributed by atoms with Crippen LogP contribution in [-0.4, -0.2) is 19.5 Å². The molecule has 0 N–H and O–H groups in total. The summed E-state index contributed by atoms with van der Waals surface area (Å²) in [4.78, 5) is 14.2. The summed E-state index contributed by atoms with van der Waals surface area (Å²) in [6.45, 7) is 6.46. The molecule has 5 heteroatoms. The van der Waals surface area contributed by atoms with Gasteiger partial charge in [0.05, 0.1) is 5.02 Å². The first-order valence-corrected chi connectivity index (χ1v) is 10.00. The Hall–Kier alpha value is -1.94. The maximum atomic E-state index is 6.52. The van der Waals surface area contributed by atoms with Gasteiger partial charge in [0.1, 0.15) is 23.4 Å². The van der Waals surface area contributed by atoms with E-state index in [9.17, 15) is 0 Å². The highest BCUT2D eigenvalue weighted by Gasteiger charge is 2.34. The lowest BCUT2D eigenvalue weighted by Crippen LogP contribution is -2.14. The van der Waals surface area contributed by atoms with Crippen molar-refractivity contribution < 1.29 is 0 Å². The zero-order chi connectivity index (χ0) is 18.3. The van der Waals surface area contributed by atoms with Crippen molar-refractivity contribution in [3.05, 3.63) is 40.9 Å². The summed E-state index contributed by atoms with van der Waals surface area (Å²) in [5, 5.41) is 0.713. The number of halogens is 1. The molecule has 1 unspecified atom stereocenters. The molecular weight excluding hydrogens is 344 g/mol. The second-order valence-corrected chi connectivity index (χ2v) is 7.73. The highest BCUT2D eigenvalue weighted by molar-refractivity contribution is 6.33. The van der Waals surface area contributed by atoms with Gasteiger partial charge in [-0.15, -0.1) is 0 Å². The predicted octanol–water partition coefficient (Wildman–Crippen LogP) is 5.77. The number of hydrogen-bond acceptors (Lipinski definition) is 3. The van der Waals surface area contributed by atoms with Gasteiger partial charge in [-0.1, -0.05) is 44.0 Å². The normalized spacial score (nSPS) is 15.5. The van der Waals surface area contributed by atoms with Crippen molar-refractivity contribution in [1.29, 1.82) is 0 Å². The molecule has 2 aromatic heterocycles. The van der Waals surface area contributed by atoms with Gasteiger partial charge in [-0.2, -0.15) is 0 Å². The monoisotopic (exact) mass is 368 g/mol. The van der Waals surface area contributed by atoms with Gasteiger partial charge in [0.15, 0.2) is 5.65 Å². The molecule has 0 radical (unpaired) electrons. The van der Waals surface area contributed by atoms with Crippen molar-refractivity contribution in [3.8, 4) is 11.3 Å². The van der Waals surface area contributed by atoms with Crippen LogP contribution in [0.4, 0.5) is 0 Å². The number of nitrogens with zero attached hydrogens (tertiary/aromatic N) is 4. The molecule has 2 heterocycles. The van der Waals surface area contributed by atoms with Gasteiger partial charge in [0, 0.05) is 18.0 Å². The Morgan fingerprint density at radius 3 is 2.69 bits per heavy atom.